The number of allylic oxidation sites excluding steroid dienone is 2. The summed E-state index contributed by atoms with van der Waals surface area (Å²) in [5, 5.41) is 0. The molecular formula is C7H12O2. The summed E-state index contributed by atoms with van der Waals surface area (Å²) < 4.78 is 4.42. The minimum atomic E-state index is -0.145. The molecule has 0 atom stereocenters. The van der Waals surface area contributed by atoms with Crippen LogP contribution in [-0.4, -0.2) is 13.1 Å². The molecule has 0 aliphatic heterocycles. The molecule has 0 bridgehead atoms. The number of carbonyl (C=O) groups excluding carboxylic acids is 1. The van der Waals surface area contributed by atoms with Gasteiger partial charge in [0.2, 0.25) is 0 Å². The predicted molar refractivity (Wildman–Crippen MR) is 36.1 cm³/mol. The lowest BCUT2D eigenvalue weighted by Gasteiger charge is -1.92. The Morgan fingerprint density at radius 3 is 2.78 bits per heavy atom. The molecule has 0 saturated heterocycles. The molecule has 0 radical (unpaired) electrons. The molecule has 0 amide bonds. The maximum atomic E-state index is 10.4. The Hall–Kier alpha value is -0.790. The van der Waals surface area contributed by atoms with E-state index >= 15 is 0 Å². The van der Waals surface area contributed by atoms with Crippen LogP contribution in [0.5, 0.6) is 0 Å². The summed E-state index contributed by atoms with van der Waals surface area (Å²) >= 11 is 0. The van der Waals surface area contributed by atoms with Gasteiger partial charge in [0.05, 0.1) is 7.11 Å². The predicted octanol–water partition coefficient (Wildman–Crippen LogP) is 1.52. The summed E-state index contributed by atoms with van der Waals surface area (Å²) in [6.45, 7) is 1.93. The van der Waals surface area contributed by atoms with Gasteiger partial charge in [0.15, 0.2) is 0 Å². The summed E-state index contributed by atoms with van der Waals surface area (Å²) in [5.74, 6) is -0.145. The molecule has 9 heavy (non-hydrogen) atoms. The van der Waals surface area contributed by atoms with Crippen molar-refractivity contribution in [2.75, 3.05) is 7.11 Å². The zero-order valence-electron chi connectivity index (χ0n) is 5.89. The monoisotopic (exact) mass is 128 g/mol. The highest BCUT2D eigenvalue weighted by Crippen LogP contribution is 1.91. The van der Waals surface area contributed by atoms with Gasteiger partial charge in [0, 0.05) is 6.42 Å². The van der Waals surface area contributed by atoms with Crippen molar-refractivity contribution < 1.29 is 9.53 Å². The quantitative estimate of drug-likeness (QED) is 0.425. The number of rotatable bonds is 3. The molecule has 0 aliphatic rings. The van der Waals surface area contributed by atoms with Crippen molar-refractivity contribution in [3.05, 3.63) is 12.2 Å². The highest BCUT2D eigenvalue weighted by Gasteiger charge is 1.94. The van der Waals surface area contributed by atoms with Gasteiger partial charge in [0.25, 0.3) is 0 Å². The van der Waals surface area contributed by atoms with E-state index < -0.39 is 0 Å². The van der Waals surface area contributed by atoms with Crippen LogP contribution in [0.4, 0.5) is 0 Å². The second-order valence-electron chi connectivity index (χ2n) is 1.68. The molecule has 2 heteroatoms. The summed E-state index contributed by atoms with van der Waals surface area (Å²) in [7, 11) is 1.40. The van der Waals surface area contributed by atoms with Crippen LogP contribution in [0.25, 0.3) is 0 Å². The highest BCUT2D eigenvalue weighted by molar-refractivity contribution is 5.69. The van der Waals surface area contributed by atoms with Crippen LogP contribution in [-0.2, 0) is 9.53 Å². The minimum absolute atomic E-state index is 0.145. The lowest BCUT2D eigenvalue weighted by atomic mass is 10.3. The average molecular weight is 128 g/mol. The Bertz CT molecular complexity index is 105. The van der Waals surface area contributed by atoms with E-state index in [1.165, 1.54) is 7.11 Å². The topological polar surface area (TPSA) is 26.3 Å². The number of carbonyl (C=O) groups is 1. The van der Waals surface area contributed by atoms with Gasteiger partial charge in [-0.15, -0.1) is 0 Å². The Morgan fingerprint density at radius 2 is 2.33 bits per heavy atom. The molecule has 0 fully saturated rings. The Kier molecular flexibility index (Phi) is 4.88. The van der Waals surface area contributed by atoms with Crippen LogP contribution in [0.2, 0.25) is 0 Å². The molecule has 0 aromatic rings. The van der Waals surface area contributed by atoms with Crippen LogP contribution >= 0.6 is 0 Å². The van der Waals surface area contributed by atoms with Crippen molar-refractivity contribution >= 4 is 5.97 Å². The van der Waals surface area contributed by atoms with E-state index in [0.717, 1.165) is 6.42 Å². The van der Waals surface area contributed by atoms with Crippen LogP contribution in [0, 0.1) is 0 Å². The fourth-order valence-electron chi connectivity index (χ4n) is 0.470. The van der Waals surface area contributed by atoms with Gasteiger partial charge in [-0.1, -0.05) is 12.2 Å². The van der Waals surface area contributed by atoms with Crippen molar-refractivity contribution in [1.82, 2.24) is 0 Å². The largest absolute Gasteiger partial charge is 0.469 e. The van der Waals surface area contributed by atoms with Gasteiger partial charge in [0.1, 0.15) is 0 Å². The van der Waals surface area contributed by atoms with Gasteiger partial charge >= 0.3 is 5.97 Å². The smallest absolute Gasteiger partial charge is 0.305 e. The van der Waals surface area contributed by atoms with E-state index in [-0.39, 0.29) is 5.97 Å². The first-order chi connectivity index (χ1) is 4.31. The van der Waals surface area contributed by atoms with Crippen LogP contribution in [0.15, 0.2) is 12.2 Å². The molecule has 0 aromatic carbocycles. The summed E-state index contributed by atoms with van der Waals surface area (Å²) in [4.78, 5) is 10.4. The van der Waals surface area contributed by atoms with Crippen molar-refractivity contribution in [1.29, 1.82) is 0 Å². The normalized spacial score (nSPS) is 10.0. The first-order valence-corrected chi connectivity index (χ1v) is 2.99. The molecule has 0 aliphatic carbocycles. The molecule has 0 heterocycles. The molecular weight excluding hydrogens is 116 g/mol. The first kappa shape index (κ1) is 8.21. The van der Waals surface area contributed by atoms with E-state index in [4.69, 9.17) is 0 Å². The highest BCUT2D eigenvalue weighted by atomic mass is 16.5. The summed E-state index contributed by atoms with van der Waals surface area (Å²) in [6, 6.07) is 0. The molecule has 0 unspecified atom stereocenters. The van der Waals surface area contributed by atoms with E-state index in [1.807, 2.05) is 19.1 Å². The molecule has 0 aromatic heterocycles. The van der Waals surface area contributed by atoms with Gasteiger partial charge in [-0.25, -0.2) is 0 Å². The van der Waals surface area contributed by atoms with Crippen molar-refractivity contribution in [3.8, 4) is 0 Å². The molecule has 2 nitrogen and oxygen atoms in total. The minimum Gasteiger partial charge on any atom is -0.469 e. The molecule has 0 rings (SSSR count). The number of hydrogen-bond donors (Lipinski definition) is 0. The Morgan fingerprint density at radius 1 is 1.67 bits per heavy atom. The van der Waals surface area contributed by atoms with Crippen molar-refractivity contribution in [2.24, 2.45) is 0 Å². The van der Waals surface area contributed by atoms with Gasteiger partial charge in [-0.3, -0.25) is 4.79 Å². The van der Waals surface area contributed by atoms with Gasteiger partial charge in [-0.2, -0.15) is 0 Å². The second kappa shape index (κ2) is 5.35. The van der Waals surface area contributed by atoms with Crippen LogP contribution in [0.3, 0.4) is 0 Å². The first-order valence-electron chi connectivity index (χ1n) is 2.99. The molecule has 0 spiro atoms. The zero-order chi connectivity index (χ0) is 7.11. The number of esters is 1. The maximum absolute atomic E-state index is 10.4. The summed E-state index contributed by atoms with van der Waals surface area (Å²) in [5.41, 5.74) is 0. The third-order valence-corrected chi connectivity index (χ3v) is 0.979. The van der Waals surface area contributed by atoms with E-state index in [0.29, 0.717) is 6.42 Å². The van der Waals surface area contributed by atoms with Crippen molar-refractivity contribution in [3.63, 3.8) is 0 Å². The van der Waals surface area contributed by atoms with E-state index in [1.54, 1.807) is 0 Å². The molecule has 0 saturated carbocycles. The Labute approximate surface area is 55.5 Å². The third kappa shape index (κ3) is 5.07. The fourth-order valence-corrected chi connectivity index (χ4v) is 0.470. The number of hydrogen-bond acceptors (Lipinski definition) is 2. The van der Waals surface area contributed by atoms with E-state index in [9.17, 15) is 4.79 Å². The average Bonchev–Trinajstić information content (AvgIpc) is 1.89. The van der Waals surface area contributed by atoms with Crippen molar-refractivity contribution in [2.45, 2.75) is 19.8 Å². The zero-order valence-corrected chi connectivity index (χ0v) is 5.89. The van der Waals surface area contributed by atoms with Crippen LogP contribution < -0.4 is 0 Å². The van der Waals surface area contributed by atoms with Crippen LogP contribution in [0.1, 0.15) is 19.8 Å². The Balaban J connectivity index is 3.17. The standard InChI is InChI=1S/C7H12O2/c1-3-4-5-6-7(8)9-2/h3-4H,5-6H2,1-2H3/b4-3-. The lowest BCUT2D eigenvalue weighted by molar-refractivity contribution is -0.140. The van der Waals surface area contributed by atoms with Gasteiger partial charge in [-0.05, 0) is 13.3 Å². The third-order valence-electron chi connectivity index (χ3n) is 0.979. The molecule has 52 valence electrons. The lowest BCUT2D eigenvalue weighted by Crippen LogP contribution is -1.97. The van der Waals surface area contributed by atoms with E-state index in [2.05, 4.69) is 4.74 Å². The fraction of sp³-hybridized carbons (Fsp3) is 0.571. The summed E-state index contributed by atoms with van der Waals surface area (Å²) in [6.07, 6.45) is 5.13. The second-order valence-corrected chi connectivity index (χ2v) is 1.68. The maximum Gasteiger partial charge on any atom is 0.305 e. The number of methoxy groups -OCH3 is 1. The number of ether oxygens (including phenoxy) is 1. The van der Waals surface area contributed by atoms with Gasteiger partial charge < -0.3 is 4.74 Å². The molecule has 0 N–H and O–H groups in total. The SMILES string of the molecule is C/C=C\CCC(=O)OC.